The van der Waals surface area contributed by atoms with Crippen molar-refractivity contribution < 1.29 is 19.5 Å². The van der Waals surface area contributed by atoms with Crippen molar-refractivity contribution in [3.05, 3.63) is 24.3 Å². The number of anilines is 2. The fourth-order valence-corrected chi connectivity index (χ4v) is 2.91. The summed E-state index contributed by atoms with van der Waals surface area (Å²) in [6, 6.07) is 7.02. The molecule has 0 heterocycles. The van der Waals surface area contributed by atoms with E-state index in [1.54, 1.807) is 24.3 Å². The molecule has 1 aromatic carbocycles. The highest BCUT2D eigenvalue weighted by molar-refractivity contribution is 5.95. The van der Waals surface area contributed by atoms with Gasteiger partial charge in [-0.05, 0) is 37.5 Å². The number of carboxylic acid groups (broad SMARTS) is 1. The summed E-state index contributed by atoms with van der Waals surface area (Å²) in [6.45, 7) is 0. The van der Waals surface area contributed by atoms with Gasteiger partial charge in [0.25, 0.3) is 0 Å². The molecular weight excluding hydrogens is 308 g/mol. The minimum absolute atomic E-state index is 0.0229. The predicted octanol–water partition coefficient (Wildman–Crippen LogP) is 3.40. The Hall–Kier alpha value is -2.37. The van der Waals surface area contributed by atoms with Crippen molar-refractivity contribution in [3.63, 3.8) is 0 Å². The standard InChI is InChI=1S/C18H24N2O4/c21-16(10-5-11-17(22)23)19-14-8-4-9-15(12-14)20-18(24)13-6-2-1-3-7-13/h4,8-9,12-13H,1-3,5-7,10-11H2,(H,19,21)(H,20,24)(H,22,23). The summed E-state index contributed by atoms with van der Waals surface area (Å²) in [4.78, 5) is 34.5. The first-order valence-corrected chi connectivity index (χ1v) is 8.47. The molecule has 0 radical (unpaired) electrons. The first kappa shape index (κ1) is 18.0. The fourth-order valence-electron chi connectivity index (χ4n) is 2.91. The van der Waals surface area contributed by atoms with Crippen molar-refractivity contribution in [1.82, 2.24) is 0 Å². The summed E-state index contributed by atoms with van der Waals surface area (Å²) in [5.74, 6) is -1.02. The van der Waals surface area contributed by atoms with Crippen LogP contribution in [0.5, 0.6) is 0 Å². The molecule has 3 N–H and O–H groups in total. The van der Waals surface area contributed by atoms with Crippen molar-refractivity contribution in [2.45, 2.75) is 51.4 Å². The van der Waals surface area contributed by atoms with Gasteiger partial charge < -0.3 is 15.7 Å². The van der Waals surface area contributed by atoms with Crippen LogP contribution in [0.1, 0.15) is 51.4 Å². The monoisotopic (exact) mass is 332 g/mol. The molecule has 2 rings (SSSR count). The molecule has 0 spiro atoms. The van der Waals surface area contributed by atoms with Crippen LogP contribution in [0, 0.1) is 5.92 Å². The van der Waals surface area contributed by atoms with Gasteiger partial charge in [0.05, 0.1) is 0 Å². The average Bonchev–Trinajstić information content (AvgIpc) is 2.55. The van der Waals surface area contributed by atoms with Crippen molar-refractivity contribution in [2.75, 3.05) is 10.6 Å². The summed E-state index contributed by atoms with van der Waals surface area (Å²) in [7, 11) is 0. The third kappa shape index (κ3) is 6.02. The van der Waals surface area contributed by atoms with E-state index in [2.05, 4.69) is 10.6 Å². The molecule has 1 saturated carbocycles. The zero-order valence-corrected chi connectivity index (χ0v) is 13.7. The van der Waals surface area contributed by atoms with Gasteiger partial charge >= 0.3 is 5.97 Å². The van der Waals surface area contributed by atoms with Gasteiger partial charge in [0.15, 0.2) is 0 Å². The van der Waals surface area contributed by atoms with Gasteiger partial charge in [-0.1, -0.05) is 25.3 Å². The molecule has 6 nitrogen and oxygen atoms in total. The lowest BCUT2D eigenvalue weighted by atomic mass is 9.88. The minimum atomic E-state index is -0.907. The van der Waals surface area contributed by atoms with Gasteiger partial charge in [-0.3, -0.25) is 14.4 Å². The minimum Gasteiger partial charge on any atom is -0.481 e. The van der Waals surface area contributed by atoms with E-state index in [0.29, 0.717) is 17.8 Å². The second-order valence-corrected chi connectivity index (χ2v) is 6.20. The molecule has 130 valence electrons. The second kappa shape index (κ2) is 9.05. The molecule has 2 amide bonds. The number of rotatable bonds is 7. The molecular formula is C18H24N2O4. The number of benzene rings is 1. The maximum Gasteiger partial charge on any atom is 0.303 e. The van der Waals surface area contributed by atoms with Gasteiger partial charge in [0, 0.05) is 30.1 Å². The highest BCUT2D eigenvalue weighted by Crippen LogP contribution is 2.25. The Kier molecular flexibility index (Phi) is 6.78. The van der Waals surface area contributed by atoms with Gasteiger partial charge in [-0.25, -0.2) is 0 Å². The van der Waals surface area contributed by atoms with E-state index < -0.39 is 5.97 Å². The van der Waals surface area contributed by atoms with E-state index in [-0.39, 0.29) is 30.6 Å². The molecule has 1 fully saturated rings. The topological polar surface area (TPSA) is 95.5 Å². The van der Waals surface area contributed by atoms with Gasteiger partial charge in [0.1, 0.15) is 0 Å². The molecule has 0 unspecified atom stereocenters. The van der Waals surface area contributed by atoms with E-state index in [1.807, 2.05) is 0 Å². The average molecular weight is 332 g/mol. The fraction of sp³-hybridized carbons (Fsp3) is 0.500. The summed E-state index contributed by atoms with van der Waals surface area (Å²) in [6.07, 6.45) is 5.72. The zero-order valence-electron chi connectivity index (χ0n) is 13.7. The molecule has 0 aliphatic heterocycles. The lowest BCUT2D eigenvalue weighted by Crippen LogP contribution is -2.24. The van der Waals surface area contributed by atoms with Crippen LogP contribution in [0.15, 0.2) is 24.3 Å². The Morgan fingerprint density at radius 3 is 2.33 bits per heavy atom. The molecule has 1 aromatic rings. The molecule has 6 heteroatoms. The molecule has 0 bridgehead atoms. The maximum absolute atomic E-state index is 12.3. The van der Waals surface area contributed by atoms with Crippen LogP contribution in [-0.2, 0) is 14.4 Å². The number of hydrogen-bond acceptors (Lipinski definition) is 3. The smallest absolute Gasteiger partial charge is 0.303 e. The van der Waals surface area contributed by atoms with E-state index >= 15 is 0 Å². The Bertz CT molecular complexity index is 594. The number of carbonyl (C=O) groups is 3. The number of aliphatic carboxylic acids is 1. The van der Waals surface area contributed by atoms with Crippen molar-refractivity contribution in [2.24, 2.45) is 5.92 Å². The first-order valence-electron chi connectivity index (χ1n) is 8.47. The predicted molar refractivity (Wildman–Crippen MR) is 91.8 cm³/mol. The summed E-state index contributed by atoms with van der Waals surface area (Å²) >= 11 is 0. The molecule has 1 aliphatic carbocycles. The largest absolute Gasteiger partial charge is 0.481 e. The van der Waals surface area contributed by atoms with Crippen LogP contribution in [-0.4, -0.2) is 22.9 Å². The third-order valence-corrected chi connectivity index (χ3v) is 4.18. The normalized spacial score (nSPS) is 14.8. The quantitative estimate of drug-likeness (QED) is 0.713. The highest BCUT2D eigenvalue weighted by Gasteiger charge is 2.21. The summed E-state index contributed by atoms with van der Waals surface area (Å²) in [5.41, 5.74) is 1.26. The Morgan fingerprint density at radius 2 is 1.67 bits per heavy atom. The van der Waals surface area contributed by atoms with Crippen molar-refractivity contribution in [3.8, 4) is 0 Å². The van der Waals surface area contributed by atoms with E-state index in [9.17, 15) is 14.4 Å². The van der Waals surface area contributed by atoms with Crippen LogP contribution in [0.25, 0.3) is 0 Å². The number of carboxylic acids is 1. The van der Waals surface area contributed by atoms with Crippen molar-refractivity contribution in [1.29, 1.82) is 0 Å². The van der Waals surface area contributed by atoms with Crippen LogP contribution in [0.2, 0.25) is 0 Å². The SMILES string of the molecule is O=C(O)CCCC(=O)Nc1cccc(NC(=O)C2CCCCC2)c1. The third-order valence-electron chi connectivity index (χ3n) is 4.18. The number of nitrogens with one attached hydrogen (secondary N) is 2. The molecule has 0 saturated heterocycles. The number of hydrogen-bond donors (Lipinski definition) is 3. The lowest BCUT2D eigenvalue weighted by Gasteiger charge is -2.20. The van der Waals surface area contributed by atoms with E-state index in [4.69, 9.17) is 5.11 Å². The lowest BCUT2D eigenvalue weighted by molar-refractivity contribution is -0.137. The highest BCUT2D eigenvalue weighted by atomic mass is 16.4. The number of amides is 2. The van der Waals surface area contributed by atoms with Crippen LogP contribution in [0.4, 0.5) is 11.4 Å². The zero-order chi connectivity index (χ0) is 17.4. The summed E-state index contributed by atoms with van der Waals surface area (Å²) < 4.78 is 0. The summed E-state index contributed by atoms with van der Waals surface area (Å²) in [5, 5.41) is 14.2. The maximum atomic E-state index is 12.3. The molecule has 0 aromatic heterocycles. The molecule has 1 aliphatic rings. The van der Waals surface area contributed by atoms with Crippen molar-refractivity contribution >= 4 is 29.2 Å². The second-order valence-electron chi connectivity index (χ2n) is 6.20. The van der Waals surface area contributed by atoms with Crippen LogP contribution >= 0.6 is 0 Å². The van der Waals surface area contributed by atoms with E-state index in [0.717, 1.165) is 25.7 Å². The Balaban J connectivity index is 1.85. The molecule has 24 heavy (non-hydrogen) atoms. The van der Waals surface area contributed by atoms with Gasteiger partial charge in [-0.2, -0.15) is 0 Å². The molecule has 0 atom stereocenters. The van der Waals surface area contributed by atoms with Crippen LogP contribution < -0.4 is 10.6 Å². The Morgan fingerprint density at radius 1 is 1.00 bits per heavy atom. The van der Waals surface area contributed by atoms with E-state index in [1.165, 1.54) is 6.42 Å². The van der Waals surface area contributed by atoms with Gasteiger partial charge in [0.2, 0.25) is 11.8 Å². The van der Waals surface area contributed by atoms with Gasteiger partial charge in [-0.15, -0.1) is 0 Å². The Labute approximate surface area is 141 Å². The van der Waals surface area contributed by atoms with Crippen LogP contribution in [0.3, 0.4) is 0 Å². The first-order chi connectivity index (χ1) is 11.5. The number of carbonyl (C=O) groups excluding carboxylic acids is 2.